The fourth-order valence-electron chi connectivity index (χ4n) is 7.92. The van der Waals surface area contributed by atoms with E-state index in [0.29, 0.717) is 46.9 Å². The number of halogens is 2. The van der Waals surface area contributed by atoms with Crippen LogP contribution in [0.25, 0.3) is 0 Å². The summed E-state index contributed by atoms with van der Waals surface area (Å²) in [5.74, 6) is -3.70. The Kier molecular flexibility index (Phi) is 10.0. The van der Waals surface area contributed by atoms with Crippen molar-refractivity contribution in [2.24, 2.45) is 29.4 Å². The second kappa shape index (κ2) is 14.0. The van der Waals surface area contributed by atoms with E-state index in [9.17, 15) is 13.2 Å². The molecular formula is C37H44F2N2O5S. The summed E-state index contributed by atoms with van der Waals surface area (Å²) in [6, 6.07) is 17.6. The predicted molar refractivity (Wildman–Crippen MR) is 176 cm³/mol. The average molecular weight is 667 g/mol. The van der Waals surface area contributed by atoms with Gasteiger partial charge in [-0.3, -0.25) is 4.79 Å². The molecule has 6 rings (SSSR count). The van der Waals surface area contributed by atoms with Crippen molar-refractivity contribution in [2.75, 3.05) is 13.7 Å². The van der Waals surface area contributed by atoms with E-state index in [1.807, 2.05) is 6.07 Å². The maximum Gasteiger partial charge on any atom is 0.296 e. The molecule has 0 aliphatic heterocycles. The van der Waals surface area contributed by atoms with Crippen LogP contribution in [0.1, 0.15) is 63.4 Å². The van der Waals surface area contributed by atoms with Crippen molar-refractivity contribution in [1.82, 2.24) is 4.31 Å². The van der Waals surface area contributed by atoms with Crippen LogP contribution in [-0.4, -0.2) is 44.2 Å². The van der Waals surface area contributed by atoms with Crippen molar-refractivity contribution in [3.63, 3.8) is 0 Å². The summed E-state index contributed by atoms with van der Waals surface area (Å²) in [4.78, 5) is 14.1. The average Bonchev–Trinajstić information content (AvgIpc) is 3.35. The number of Topliss-reactive ketones (excluding diaryl/α,β-unsaturated/α-hetero) is 1. The monoisotopic (exact) mass is 666 g/mol. The Balaban J connectivity index is 1.27. The summed E-state index contributed by atoms with van der Waals surface area (Å²) in [5.41, 5.74) is 5.77. The van der Waals surface area contributed by atoms with E-state index in [4.69, 9.17) is 15.2 Å². The molecule has 0 radical (unpaired) electrons. The minimum absolute atomic E-state index is 0.0898. The molecule has 3 aromatic carbocycles. The zero-order valence-electron chi connectivity index (χ0n) is 26.8. The summed E-state index contributed by atoms with van der Waals surface area (Å²) in [5, 5.41) is 0. The molecule has 0 saturated heterocycles. The topological polar surface area (TPSA) is 98.9 Å². The molecule has 7 nitrogen and oxygen atoms in total. The number of sulfonamides is 1. The molecule has 0 aromatic heterocycles. The Labute approximate surface area is 276 Å². The molecule has 0 spiro atoms. The van der Waals surface area contributed by atoms with E-state index >= 15 is 8.78 Å². The van der Waals surface area contributed by atoms with Crippen molar-refractivity contribution < 1.29 is 31.5 Å². The highest BCUT2D eigenvalue weighted by Gasteiger charge is 2.57. The fourth-order valence-corrected chi connectivity index (χ4v) is 9.24. The van der Waals surface area contributed by atoms with Crippen LogP contribution in [0.15, 0.2) is 83.8 Å². The van der Waals surface area contributed by atoms with Crippen LogP contribution in [0.3, 0.4) is 0 Å². The maximum atomic E-state index is 16.8. The number of para-hydroxylation sites is 1. The molecule has 3 aliphatic carbocycles. The highest BCUT2D eigenvalue weighted by atomic mass is 32.2. The van der Waals surface area contributed by atoms with E-state index in [0.717, 1.165) is 32.7 Å². The Hall–Kier alpha value is -3.34. The number of fused-ring (bicyclic) bond motifs is 2. The fraction of sp³-hybridized carbons (Fsp3) is 0.486. The van der Waals surface area contributed by atoms with Gasteiger partial charge in [-0.05, 0) is 117 Å². The number of rotatable bonds is 12. The van der Waals surface area contributed by atoms with Crippen LogP contribution in [0.2, 0.25) is 0 Å². The summed E-state index contributed by atoms with van der Waals surface area (Å²) < 4.78 is 73.8. The lowest BCUT2D eigenvalue weighted by atomic mass is 9.72. The molecule has 3 aliphatic rings. The molecule has 0 amide bonds. The van der Waals surface area contributed by atoms with Crippen molar-refractivity contribution >= 4 is 15.8 Å². The third-order valence-electron chi connectivity index (χ3n) is 10.4. The van der Waals surface area contributed by atoms with Crippen LogP contribution >= 0.6 is 0 Å². The molecule has 2 bridgehead atoms. The van der Waals surface area contributed by atoms with E-state index in [2.05, 4.69) is 0 Å². The van der Waals surface area contributed by atoms with Gasteiger partial charge in [0.05, 0.1) is 11.5 Å². The number of benzene rings is 3. The number of nitrogens with zero attached hydrogens (tertiary/aromatic N) is 1. The lowest BCUT2D eigenvalue weighted by Crippen LogP contribution is -2.55. The SMILES string of the molecule is CN([C@@H](C(=O)C1C2CCC1CC(N)C2)C(F)(F)c1ccc(Oc2ccccc2)cc1)S(=O)(=O)c1ccc(OCC2CCCCC2)cc1. The Bertz CT molecular complexity index is 1600. The molecule has 2 N–H and O–H groups in total. The van der Waals surface area contributed by atoms with Gasteiger partial charge < -0.3 is 15.2 Å². The number of ether oxygens (including phenoxy) is 2. The van der Waals surface area contributed by atoms with Crippen LogP contribution in [0.4, 0.5) is 8.78 Å². The summed E-state index contributed by atoms with van der Waals surface area (Å²) >= 11 is 0. The summed E-state index contributed by atoms with van der Waals surface area (Å²) in [6.45, 7) is 0.553. The third-order valence-corrected chi connectivity index (χ3v) is 12.2. The van der Waals surface area contributed by atoms with Gasteiger partial charge >= 0.3 is 0 Å². The summed E-state index contributed by atoms with van der Waals surface area (Å²) in [7, 11) is -3.43. The molecule has 3 saturated carbocycles. The van der Waals surface area contributed by atoms with Gasteiger partial charge in [0, 0.05) is 24.6 Å². The van der Waals surface area contributed by atoms with E-state index in [1.165, 1.54) is 55.7 Å². The smallest absolute Gasteiger partial charge is 0.296 e. The molecule has 0 heterocycles. The molecule has 3 atom stereocenters. The van der Waals surface area contributed by atoms with Crippen molar-refractivity contribution in [1.29, 1.82) is 0 Å². The van der Waals surface area contributed by atoms with Gasteiger partial charge in [0.2, 0.25) is 10.0 Å². The van der Waals surface area contributed by atoms with E-state index in [1.54, 1.807) is 36.4 Å². The number of carbonyl (C=O) groups is 1. The molecule has 3 aromatic rings. The highest BCUT2D eigenvalue weighted by molar-refractivity contribution is 7.89. The Morgan fingerprint density at radius 1 is 0.851 bits per heavy atom. The van der Waals surface area contributed by atoms with Crippen LogP contribution in [-0.2, 0) is 20.7 Å². The largest absolute Gasteiger partial charge is 0.493 e. The van der Waals surface area contributed by atoms with E-state index < -0.39 is 39.3 Å². The standard InChI is InChI=1S/C37H44F2N2O5S/c1-41(47(43,44)33-20-18-30(19-21-33)45-24-25-8-4-2-5-9-25)36(35(42)34-26-12-13-27(34)23-29(40)22-26)37(38,39)28-14-16-32(17-15-28)46-31-10-6-3-7-11-31/h3,6-7,10-11,14-21,25-27,29,34,36H,2,4-5,8-9,12-13,22-24,40H2,1H3/t26?,27?,29?,34?,36-/m0/s1. The van der Waals surface area contributed by atoms with Gasteiger partial charge in [0.1, 0.15) is 17.2 Å². The van der Waals surface area contributed by atoms with Gasteiger partial charge in [-0.15, -0.1) is 0 Å². The van der Waals surface area contributed by atoms with Crippen molar-refractivity contribution in [3.8, 4) is 17.2 Å². The van der Waals surface area contributed by atoms with Crippen LogP contribution < -0.4 is 15.2 Å². The number of hydrogen-bond donors (Lipinski definition) is 1. The number of alkyl halides is 2. The number of ketones is 1. The Morgan fingerprint density at radius 3 is 2.04 bits per heavy atom. The number of nitrogens with two attached hydrogens (primary N) is 1. The minimum Gasteiger partial charge on any atom is -0.493 e. The zero-order valence-corrected chi connectivity index (χ0v) is 27.6. The first-order chi connectivity index (χ1) is 22.5. The van der Waals surface area contributed by atoms with Gasteiger partial charge in [0.25, 0.3) is 5.92 Å². The number of hydrogen-bond acceptors (Lipinski definition) is 6. The lowest BCUT2D eigenvalue weighted by molar-refractivity contribution is -0.145. The van der Waals surface area contributed by atoms with Gasteiger partial charge in [-0.25, -0.2) is 8.42 Å². The van der Waals surface area contributed by atoms with Crippen LogP contribution in [0.5, 0.6) is 17.2 Å². The lowest BCUT2D eigenvalue weighted by Gasteiger charge is -2.39. The number of carbonyl (C=O) groups excluding carboxylic acids is 1. The van der Waals surface area contributed by atoms with Gasteiger partial charge in [-0.1, -0.05) is 37.5 Å². The zero-order chi connectivity index (χ0) is 33.2. The molecule has 3 fully saturated rings. The third kappa shape index (κ3) is 7.25. The first-order valence-corrected chi connectivity index (χ1v) is 18.2. The first kappa shape index (κ1) is 33.6. The van der Waals surface area contributed by atoms with Gasteiger partial charge in [0.15, 0.2) is 11.8 Å². The minimum atomic E-state index is -4.51. The Morgan fingerprint density at radius 2 is 1.43 bits per heavy atom. The second-order valence-electron chi connectivity index (χ2n) is 13.5. The van der Waals surface area contributed by atoms with Gasteiger partial charge in [-0.2, -0.15) is 13.1 Å². The first-order valence-electron chi connectivity index (χ1n) is 16.8. The molecule has 47 heavy (non-hydrogen) atoms. The molecule has 10 heteroatoms. The predicted octanol–water partition coefficient (Wildman–Crippen LogP) is 7.55. The second-order valence-corrected chi connectivity index (χ2v) is 15.5. The quantitative estimate of drug-likeness (QED) is 0.214. The molecule has 252 valence electrons. The van der Waals surface area contributed by atoms with Crippen molar-refractivity contribution in [3.05, 3.63) is 84.4 Å². The maximum absolute atomic E-state index is 16.8. The molecular weight excluding hydrogens is 622 g/mol. The normalized spacial score (nSPS) is 24.2. The molecule has 2 unspecified atom stereocenters. The number of likely N-dealkylation sites (N-methyl/N-ethyl adjacent to an activating group) is 1. The van der Waals surface area contributed by atoms with Crippen LogP contribution in [0, 0.1) is 23.7 Å². The van der Waals surface area contributed by atoms with E-state index in [-0.39, 0.29) is 22.8 Å². The van der Waals surface area contributed by atoms with Crippen molar-refractivity contribution in [2.45, 2.75) is 80.7 Å². The summed E-state index contributed by atoms with van der Waals surface area (Å²) in [6.07, 6.45) is 8.39. The highest BCUT2D eigenvalue weighted by Crippen LogP contribution is 2.50.